The third kappa shape index (κ3) is 4.40. The summed E-state index contributed by atoms with van der Waals surface area (Å²) in [5, 5.41) is 0. The van der Waals surface area contributed by atoms with Gasteiger partial charge in [0.2, 0.25) is 0 Å². The fraction of sp³-hybridized carbons (Fsp3) is 0.304. The molecule has 0 unspecified atom stereocenters. The number of aromatic nitrogens is 3. The van der Waals surface area contributed by atoms with Gasteiger partial charge in [0, 0.05) is 31.3 Å². The first-order valence-corrected chi connectivity index (χ1v) is 10.0. The van der Waals surface area contributed by atoms with Crippen LogP contribution in [0, 0.1) is 6.92 Å². The highest BCUT2D eigenvalue weighted by Crippen LogP contribution is 2.27. The van der Waals surface area contributed by atoms with Gasteiger partial charge in [-0.1, -0.05) is 23.8 Å². The van der Waals surface area contributed by atoms with Gasteiger partial charge in [0.1, 0.15) is 11.4 Å². The van der Waals surface area contributed by atoms with Gasteiger partial charge in [-0.05, 0) is 44.5 Å². The second kappa shape index (κ2) is 8.49. The van der Waals surface area contributed by atoms with E-state index in [1.54, 1.807) is 24.1 Å². The molecule has 2 atom stereocenters. The van der Waals surface area contributed by atoms with Crippen LogP contribution in [-0.4, -0.2) is 45.0 Å². The Balaban J connectivity index is 1.45. The minimum atomic E-state index is -0.581. The van der Waals surface area contributed by atoms with E-state index in [9.17, 15) is 9.59 Å². The normalized spacial score (nSPS) is 17.0. The average Bonchev–Trinajstić information content (AvgIpc) is 3.25. The van der Waals surface area contributed by atoms with Crippen molar-refractivity contribution in [3.63, 3.8) is 0 Å². The minimum absolute atomic E-state index is 0.00490. The molecule has 3 aromatic rings. The van der Waals surface area contributed by atoms with Gasteiger partial charge < -0.3 is 14.6 Å². The molecule has 1 saturated heterocycles. The van der Waals surface area contributed by atoms with E-state index in [1.165, 1.54) is 6.07 Å². The van der Waals surface area contributed by atoms with Crippen molar-refractivity contribution >= 4 is 5.91 Å². The molecule has 0 aliphatic carbocycles. The van der Waals surface area contributed by atoms with E-state index >= 15 is 0 Å². The average molecular weight is 404 g/mol. The summed E-state index contributed by atoms with van der Waals surface area (Å²) < 4.78 is 5.81. The van der Waals surface area contributed by atoms with Gasteiger partial charge in [-0.25, -0.2) is 4.98 Å². The largest absolute Gasteiger partial charge is 0.481 e. The number of aryl methyl sites for hydroxylation is 1. The summed E-state index contributed by atoms with van der Waals surface area (Å²) in [6.45, 7) is 4.89. The SMILES string of the molecule is Cc1ccc(O[C@@H](C)C(=O)N2CC[C@@H](c3cc(=O)[nH]c(-c4ccccn4)n3)C2)cc1. The summed E-state index contributed by atoms with van der Waals surface area (Å²) in [5.74, 6) is 1.06. The molecule has 154 valence electrons. The molecule has 7 nitrogen and oxygen atoms in total. The fourth-order valence-corrected chi connectivity index (χ4v) is 3.64. The highest BCUT2D eigenvalue weighted by molar-refractivity contribution is 5.81. The van der Waals surface area contributed by atoms with E-state index in [0.29, 0.717) is 36.1 Å². The number of ether oxygens (including phenoxy) is 1. The Kier molecular flexibility index (Phi) is 5.61. The van der Waals surface area contributed by atoms with Crippen molar-refractivity contribution in [3.05, 3.63) is 76.3 Å². The van der Waals surface area contributed by atoms with Crippen LogP contribution in [-0.2, 0) is 4.79 Å². The van der Waals surface area contributed by atoms with Gasteiger partial charge in [0.25, 0.3) is 11.5 Å². The third-order valence-corrected chi connectivity index (χ3v) is 5.27. The Hall–Kier alpha value is -3.48. The molecule has 3 heterocycles. The predicted molar refractivity (Wildman–Crippen MR) is 113 cm³/mol. The van der Waals surface area contributed by atoms with Crippen molar-refractivity contribution in [2.24, 2.45) is 0 Å². The van der Waals surface area contributed by atoms with Crippen LogP contribution < -0.4 is 10.3 Å². The van der Waals surface area contributed by atoms with Crippen LogP contribution in [0.4, 0.5) is 0 Å². The summed E-state index contributed by atoms with van der Waals surface area (Å²) in [6.07, 6.45) is 1.83. The van der Waals surface area contributed by atoms with Crippen LogP contribution in [0.1, 0.15) is 30.5 Å². The van der Waals surface area contributed by atoms with Crippen molar-refractivity contribution < 1.29 is 9.53 Å². The monoisotopic (exact) mass is 404 g/mol. The van der Waals surface area contributed by atoms with Crippen LogP contribution in [0.2, 0.25) is 0 Å². The van der Waals surface area contributed by atoms with E-state index in [0.717, 1.165) is 12.0 Å². The Morgan fingerprint density at radius 1 is 1.23 bits per heavy atom. The molecule has 4 rings (SSSR count). The standard InChI is InChI=1S/C23H24N4O3/c1-15-6-8-18(9-7-15)30-16(2)23(29)27-12-10-17(14-27)20-13-21(28)26-22(25-20)19-5-3-4-11-24-19/h3-9,11,13,16-17H,10,12,14H2,1-2H3,(H,25,26,28)/t16-,17+/m0/s1. The molecule has 1 N–H and O–H groups in total. The number of amides is 1. The predicted octanol–water partition coefficient (Wildman–Crippen LogP) is 2.92. The number of nitrogens with one attached hydrogen (secondary N) is 1. The number of carbonyl (C=O) groups is 1. The first kappa shape index (κ1) is 19.8. The lowest BCUT2D eigenvalue weighted by molar-refractivity contribution is -0.136. The third-order valence-electron chi connectivity index (χ3n) is 5.27. The zero-order valence-corrected chi connectivity index (χ0v) is 17.0. The second-order valence-corrected chi connectivity index (χ2v) is 7.58. The number of nitrogens with zero attached hydrogens (tertiary/aromatic N) is 3. The molecule has 0 saturated carbocycles. The number of benzene rings is 1. The lowest BCUT2D eigenvalue weighted by Crippen LogP contribution is -2.39. The Morgan fingerprint density at radius 3 is 2.77 bits per heavy atom. The molecule has 1 aliphatic rings. The summed E-state index contributed by atoms with van der Waals surface area (Å²) in [7, 11) is 0. The van der Waals surface area contributed by atoms with Crippen molar-refractivity contribution in [1.82, 2.24) is 19.9 Å². The van der Waals surface area contributed by atoms with Crippen molar-refractivity contribution in [2.45, 2.75) is 32.3 Å². The summed E-state index contributed by atoms with van der Waals surface area (Å²) in [5.41, 5.74) is 2.21. The van der Waals surface area contributed by atoms with Gasteiger partial charge in [0.15, 0.2) is 11.9 Å². The lowest BCUT2D eigenvalue weighted by atomic mass is 10.0. The molecule has 7 heteroatoms. The zero-order chi connectivity index (χ0) is 21.1. The van der Waals surface area contributed by atoms with Crippen molar-refractivity contribution in [1.29, 1.82) is 0 Å². The maximum atomic E-state index is 12.9. The topological polar surface area (TPSA) is 88.2 Å². The maximum Gasteiger partial charge on any atom is 0.263 e. The quantitative estimate of drug-likeness (QED) is 0.706. The number of pyridine rings is 1. The Bertz CT molecular complexity index is 1080. The van der Waals surface area contributed by atoms with E-state index in [1.807, 2.05) is 43.3 Å². The Morgan fingerprint density at radius 2 is 2.03 bits per heavy atom. The van der Waals surface area contributed by atoms with Crippen LogP contribution in [0.3, 0.4) is 0 Å². The Labute approximate surface area is 174 Å². The van der Waals surface area contributed by atoms with E-state index < -0.39 is 6.10 Å². The number of hydrogen-bond acceptors (Lipinski definition) is 5. The first-order valence-electron chi connectivity index (χ1n) is 10.0. The summed E-state index contributed by atoms with van der Waals surface area (Å²) in [4.78, 5) is 38.4. The van der Waals surface area contributed by atoms with E-state index in [4.69, 9.17) is 4.74 Å². The van der Waals surface area contributed by atoms with Gasteiger partial charge in [-0.15, -0.1) is 0 Å². The van der Waals surface area contributed by atoms with Gasteiger partial charge in [-0.2, -0.15) is 0 Å². The second-order valence-electron chi connectivity index (χ2n) is 7.58. The van der Waals surface area contributed by atoms with Gasteiger partial charge in [0.05, 0.1) is 5.69 Å². The van der Waals surface area contributed by atoms with Gasteiger partial charge in [-0.3, -0.25) is 14.6 Å². The maximum absolute atomic E-state index is 12.9. The number of carbonyl (C=O) groups excluding carboxylic acids is 1. The summed E-state index contributed by atoms with van der Waals surface area (Å²) >= 11 is 0. The number of likely N-dealkylation sites (tertiary alicyclic amines) is 1. The molecule has 0 bridgehead atoms. The number of hydrogen-bond donors (Lipinski definition) is 1. The fourth-order valence-electron chi connectivity index (χ4n) is 3.64. The number of rotatable bonds is 5. The molecular weight excluding hydrogens is 380 g/mol. The van der Waals surface area contributed by atoms with Crippen LogP contribution in [0.15, 0.2) is 59.5 Å². The molecule has 1 fully saturated rings. The van der Waals surface area contributed by atoms with E-state index in [2.05, 4.69) is 15.0 Å². The molecule has 0 radical (unpaired) electrons. The van der Waals surface area contributed by atoms with Crippen LogP contribution >= 0.6 is 0 Å². The molecule has 1 aliphatic heterocycles. The van der Waals surface area contributed by atoms with Gasteiger partial charge >= 0.3 is 0 Å². The van der Waals surface area contributed by atoms with Crippen molar-refractivity contribution in [3.8, 4) is 17.3 Å². The van der Waals surface area contributed by atoms with E-state index in [-0.39, 0.29) is 17.4 Å². The minimum Gasteiger partial charge on any atom is -0.481 e. The summed E-state index contributed by atoms with van der Waals surface area (Å²) in [6, 6.07) is 14.6. The first-order chi connectivity index (χ1) is 14.5. The smallest absolute Gasteiger partial charge is 0.263 e. The molecule has 30 heavy (non-hydrogen) atoms. The lowest BCUT2D eigenvalue weighted by Gasteiger charge is -2.22. The number of H-pyrrole nitrogens is 1. The molecule has 1 aromatic carbocycles. The highest BCUT2D eigenvalue weighted by atomic mass is 16.5. The molecular formula is C23H24N4O3. The van der Waals surface area contributed by atoms with Crippen LogP contribution in [0.25, 0.3) is 11.5 Å². The van der Waals surface area contributed by atoms with Crippen molar-refractivity contribution in [2.75, 3.05) is 13.1 Å². The molecule has 0 spiro atoms. The highest BCUT2D eigenvalue weighted by Gasteiger charge is 2.31. The number of aromatic amines is 1. The molecule has 1 amide bonds. The molecule has 2 aromatic heterocycles. The zero-order valence-electron chi connectivity index (χ0n) is 17.0. The van der Waals surface area contributed by atoms with Crippen LogP contribution in [0.5, 0.6) is 5.75 Å².